The van der Waals surface area contributed by atoms with E-state index in [9.17, 15) is 0 Å². The van der Waals surface area contributed by atoms with E-state index in [1.807, 2.05) is 48.0 Å². The zero-order valence-electron chi connectivity index (χ0n) is 19.0. The molecule has 3 aromatic heterocycles. The van der Waals surface area contributed by atoms with Crippen LogP contribution in [0.3, 0.4) is 0 Å². The monoisotopic (exact) mass is 587 g/mol. The normalized spacial score (nSPS) is 30.1. The van der Waals surface area contributed by atoms with Gasteiger partial charge >= 0.3 is 0 Å². The summed E-state index contributed by atoms with van der Waals surface area (Å²) in [6.07, 6.45) is 4.88. The predicted molar refractivity (Wildman–Crippen MR) is 139 cm³/mol. The van der Waals surface area contributed by atoms with E-state index in [2.05, 4.69) is 36.2 Å². The summed E-state index contributed by atoms with van der Waals surface area (Å²) in [5, 5.41) is 11.7. The molecule has 4 aromatic rings. The van der Waals surface area contributed by atoms with E-state index in [1.165, 1.54) is 11.3 Å². The van der Waals surface area contributed by atoms with Gasteiger partial charge < -0.3 is 18.9 Å². The summed E-state index contributed by atoms with van der Waals surface area (Å²) in [7, 11) is 1.63. The number of pyridine rings is 1. The number of fused-ring (bicyclic) bond motifs is 1. The molecule has 5 heterocycles. The van der Waals surface area contributed by atoms with Crippen molar-refractivity contribution in [1.29, 1.82) is 0 Å². The van der Waals surface area contributed by atoms with Gasteiger partial charge in [-0.1, -0.05) is 35.5 Å². The van der Waals surface area contributed by atoms with Crippen molar-refractivity contribution < 1.29 is 18.9 Å². The van der Waals surface area contributed by atoms with Crippen molar-refractivity contribution in [2.45, 2.75) is 35.6 Å². The zero-order valence-corrected chi connectivity index (χ0v) is 22.3. The highest BCUT2D eigenvalue weighted by molar-refractivity contribution is 9.10. The van der Waals surface area contributed by atoms with E-state index in [1.54, 1.807) is 30.4 Å². The fourth-order valence-electron chi connectivity index (χ4n) is 4.98. The minimum absolute atomic E-state index is 0.301. The fourth-order valence-corrected chi connectivity index (χ4v) is 6.44. The Bertz CT molecular complexity index is 1330. The number of hydrogen-bond donors (Lipinski definition) is 1. The first-order valence-corrected chi connectivity index (χ1v) is 13.4. The molecule has 9 nitrogen and oxygen atoms in total. The Kier molecular flexibility index (Phi) is 6.67. The molecule has 0 radical (unpaired) electrons. The first kappa shape index (κ1) is 24.2. The van der Waals surface area contributed by atoms with Crippen LogP contribution in [0, 0.1) is 0 Å². The standard InChI is InChI=1S/C24H22BrN5O4S2/c1-31-20-23(35)33-18-13-32-22(14-5-3-2-4-6-14)34-19(18)24(20,15-9-16(25)11-26-10-15)30-12-17(28-29-30)21-27-7-8-36-21/h2-12,18-20,22-23,35H,13H2,1H3/t18-,19+,20+,22?,23-,24?/m1/s1. The molecule has 2 aliphatic heterocycles. The van der Waals surface area contributed by atoms with Gasteiger partial charge in [-0.05, 0) is 22.0 Å². The zero-order chi connectivity index (χ0) is 24.7. The summed E-state index contributed by atoms with van der Waals surface area (Å²) in [5.74, 6) is 0. The third-order valence-electron chi connectivity index (χ3n) is 6.48. The highest BCUT2D eigenvalue weighted by atomic mass is 79.9. The first-order chi connectivity index (χ1) is 17.6. The lowest BCUT2D eigenvalue weighted by Gasteiger charge is -2.55. The molecule has 186 valence electrons. The van der Waals surface area contributed by atoms with Crippen molar-refractivity contribution in [3.05, 3.63) is 82.2 Å². The number of methoxy groups -OCH3 is 1. The largest absolute Gasteiger partial charge is 0.375 e. The topological polar surface area (TPSA) is 93.4 Å². The van der Waals surface area contributed by atoms with Crippen molar-refractivity contribution >= 4 is 39.9 Å². The number of halogens is 1. The predicted octanol–water partition coefficient (Wildman–Crippen LogP) is 4.09. The molecule has 2 unspecified atom stereocenters. The van der Waals surface area contributed by atoms with Crippen molar-refractivity contribution in [1.82, 2.24) is 25.0 Å². The molecular formula is C24H22BrN5O4S2. The van der Waals surface area contributed by atoms with Gasteiger partial charge in [-0.3, -0.25) is 4.98 Å². The third kappa shape index (κ3) is 4.01. The molecule has 2 saturated heterocycles. The third-order valence-corrected chi connectivity index (χ3v) is 8.10. The van der Waals surface area contributed by atoms with Crippen LogP contribution >= 0.6 is 39.9 Å². The molecule has 0 aliphatic carbocycles. The molecule has 2 aliphatic rings. The number of thiol groups is 1. The minimum Gasteiger partial charge on any atom is -0.375 e. The number of ether oxygens (including phenoxy) is 4. The Morgan fingerprint density at radius 3 is 2.83 bits per heavy atom. The number of rotatable bonds is 5. The van der Waals surface area contributed by atoms with Gasteiger partial charge in [0.1, 0.15) is 40.0 Å². The van der Waals surface area contributed by atoms with Crippen molar-refractivity contribution in [3.8, 4) is 10.7 Å². The molecule has 6 atom stereocenters. The molecule has 0 amide bonds. The summed E-state index contributed by atoms with van der Waals surface area (Å²) in [6, 6.07) is 11.8. The van der Waals surface area contributed by atoms with Crippen LogP contribution in [0.2, 0.25) is 0 Å². The van der Waals surface area contributed by atoms with Crippen LogP contribution in [-0.4, -0.2) is 62.4 Å². The lowest BCUT2D eigenvalue weighted by molar-refractivity contribution is -0.323. The molecule has 0 saturated carbocycles. The van der Waals surface area contributed by atoms with Crippen LogP contribution in [0.1, 0.15) is 17.4 Å². The summed E-state index contributed by atoms with van der Waals surface area (Å²) in [6.45, 7) is 0.301. The second-order valence-electron chi connectivity index (χ2n) is 8.46. The van der Waals surface area contributed by atoms with E-state index < -0.39 is 35.6 Å². The Morgan fingerprint density at radius 2 is 2.08 bits per heavy atom. The SMILES string of the molecule is CO[C@H]1[C@@H](S)O[C@@H]2COC(c3ccccc3)O[C@@H]2C1(c1cncc(Br)c1)n1cc(-c2nccs2)nn1. The van der Waals surface area contributed by atoms with E-state index in [-0.39, 0.29) is 0 Å². The van der Waals surface area contributed by atoms with Crippen LogP contribution in [-0.2, 0) is 24.5 Å². The minimum atomic E-state index is -1.04. The fraction of sp³-hybridized carbons (Fsp3) is 0.333. The number of hydrogen-bond acceptors (Lipinski definition) is 10. The van der Waals surface area contributed by atoms with E-state index >= 15 is 0 Å². The van der Waals surface area contributed by atoms with Crippen molar-refractivity contribution in [2.24, 2.45) is 0 Å². The molecule has 2 fully saturated rings. The lowest BCUT2D eigenvalue weighted by Crippen LogP contribution is -2.70. The van der Waals surface area contributed by atoms with E-state index in [0.717, 1.165) is 20.6 Å². The van der Waals surface area contributed by atoms with Gasteiger partial charge in [0.25, 0.3) is 0 Å². The Balaban J connectivity index is 1.55. The van der Waals surface area contributed by atoms with Gasteiger partial charge in [0.15, 0.2) is 6.29 Å². The smallest absolute Gasteiger partial charge is 0.184 e. The average molecular weight is 589 g/mol. The number of nitrogens with zero attached hydrogens (tertiary/aromatic N) is 5. The maximum absolute atomic E-state index is 6.72. The van der Waals surface area contributed by atoms with Gasteiger partial charge in [0.2, 0.25) is 0 Å². The van der Waals surface area contributed by atoms with Gasteiger partial charge in [0, 0.05) is 46.7 Å². The summed E-state index contributed by atoms with van der Waals surface area (Å²) >= 11 is 9.86. The highest BCUT2D eigenvalue weighted by Gasteiger charge is 2.62. The number of benzene rings is 1. The molecule has 12 heteroatoms. The average Bonchev–Trinajstić information content (AvgIpc) is 3.61. The van der Waals surface area contributed by atoms with Crippen LogP contribution in [0.25, 0.3) is 10.7 Å². The lowest BCUT2D eigenvalue weighted by atomic mass is 9.75. The Hall–Kier alpha value is -2.19. The quantitative estimate of drug-likeness (QED) is 0.349. The Labute approximate surface area is 225 Å². The molecule has 0 bridgehead atoms. The molecule has 1 aromatic carbocycles. The van der Waals surface area contributed by atoms with Crippen LogP contribution < -0.4 is 0 Å². The van der Waals surface area contributed by atoms with E-state index in [0.29, 0.717) is 12.3 Å². The summed E-state index contributed by atoms with van der Waals surface area (Å²) in [4.78, 5) is 8.87. The maximum atomic E-state index is 6.72. The van der Waals surface area contributed by atoms with Crippen molar-refractivity contribution in [3.63, 3.8) is 0 Å². The maximum Gasteiger partial charge on any atom is 0.184 e. The Morgan fingerprint density at radius 1 is 1.22 bits per heavy atom. The van der Waals surface area contributed by atoms with E-state index in [4.69, 9.17) is 31.6 Å². The summed E-state index contributed by atoms with van der Waals surface area (Å²) in [5.41, 5.74) is 0.711. The van der Waals surface area contributed by atoms with Gasteiger partial charge in [0.05, 0.1) is 12.8 Å². The highest BCUT2D eigenvalue weighted by Crippen LogP contribution is 2.49. The first-order valence-electron chi connectivity index (χ1n) is 11.2. The van der Waals surface area contributed by atoms with Crippen LogP contribution in [0.15, 0.2) is 71.0 Å². The van der Waals surface area contributed by atoms with Gasteiger partial charge in [-0.2, -0.15) is 0 Å². The number of aromatic nitrogens is 5. The van der Waals surface area contributed by atoms with Crippen LogP contribution in [0.5, 0.6) is 0 Å². The second kappa shape index (κ2) is 9.93. The van der Waals surface area contributed by atoms with Gasteiger partial charge in [-0.15, -0.1) is 29.1 Å². The second-order valence-corrected chi connectivity index (χ2v) is 10.8. The van der Waals surface area contributed by atoms with Crippen LogP contribution in [0.4, 0.5) is 0 Å². The van der Waals surface area contributed by atoms with Crippen molar-refractivity contribution in [2.75, 3.05) is 13.7 Å². The molecule has 6 rings (SSSR count). The molecule has 0 spiro atoms. The molecule has 36 heavy (non-hydrogen) atoms. The number of thiazole rings is 1. The van der Waals surface area contributed by atoms with Gasteiger partial charge in [-0.25, -0.2) is 9.67 Å². The molecule has 0 N–H and O–H groups in total. The summed E-state index contributed by atoms with van der Waals surface area (Å²) < 4.78 is 27.8. The molecular weight excluding hydrogens is 566 g/mol.